The Labute approximate surface area is 150 Å². The molecule has 4 rings (SSSR count). The minimum absolute atomic E-state index is 0.173. The van der Waals surface area contributed by atoms with Crippen molar-refractivity contribution in [3.05, 3.63) is 60.4 Å². The fourth-order valence-electron chi connectivity index (χ4n) is 2.97. The molecule has 8 heteroatoms. The number of carbonyl (C=O) groups excluding carboxylic acids is 1. The summed E-state index contributed by atoms with van der Waals surface area (Å²) in [6.07, 6.45) is 1.48. The lowest BCUT2D eigenvalue weighted by molar-refractivity contribution is 0.0730. The molecule has 134 valence electrons. The van der Waals surface area contributed by atoms with Gasteiger partial charge in [-0.2, -0.15) is 4.31 Å². The Balaban J connectivity index is 1.62. The lowest BCUT2D eigenvalue weighted by atomic mass is 10.2. The molecule has 0 unspecified atom stereocenters. The van der Waals surface area contributed by atoms with E-state index in [1.165, 1.54) is 39.5 Å². The molecule has 0 saturated carbocycles. The highest BCUT2D eigenvalue weighted by molar-refractivity contribution is 7.89. The second kappa shape index (κ2) is 6.64. The van der Waals surface area contributed by atoms with Crippen LogP contribution in [0.25, 0.3) is 11.0 Å². The number of imidazole rings is 1. The molecule has 0 bridgehead atoms. The van der Waals surface area contributed by atoms with Crippen LogP contribution in [0.3, 0.4) is 0 Å². The summed E-state index contributed by atoms with van der Waals surface area (Å²) >= 11 is 0. The first-order valence-corrected chi connectivity index (χ1v) is 9.66. The van der Waals surface area contributed by atoms with E-state index in [9.17, 15) is 13.2 Å². The molecule has 1 saturated heterocycles. The van der Waals surface area contributed by atoms with Crippen molar-refractivity contribution in [2.24, 2.45) is 0 Å². The molecular formula is C18H17N3O4S. The van der Waals surface area contributed by atoms with E-state index < -0.39 is 10.0 Å². The molecule has 7 nitrogen and oxygen atoms in total. The summed E-state index contributed by atoms with van der Waals surface area (Å²) < 4.78 is 33.3. The van der Waals surface area contributed by atoms with E-state index in [1.807, 2.05) is 24.3 Å². The van der Waals surface area contributed by atoms with Crippen LogP contribution < -0.4 is 0 Å². The first-order chi connectivity index (χ1) is 12.6. The number of carbonyl (C=O) groups is 1. The van der Waals surface area contributed by atoms with Gasteiger partial charge in [0.05, 0.1) is 29.1 Å². The Morgan fingerprint density at radius 2 is 1.69 bits per heavy atom. The van der Waals surface area contributed by atoms with Gasteiger partial charge in [0.15, 0.2) is 0 Å². The summed E-state index contributed by atoms with van der Waals surface area (Å²) in [7, 11) is -3.57. The quantitative estimate of drug-likeness (QED) is 0.701. The third-order valence-electron chi connectivity index (χ3n) is 4.38. The fraction of sp³-hybridized carbons (Fsp3) is 0.222. The topological polar surface area (TPSA) is 81.5 Å². The Kier molecular flexibility index (Phi) is 4.31. The molecule has 0 amide bonds. The molecule has 2 heterocycles. The van der Waals surface area contributed by atoms with Gasteiger partial charge in [-0.05, 0) is 36.4 Å². The number of hydrogen-bond donors (Lipinski definition) is 0. The zero-order chi connectivity index (χ0) is 18.1. The lowest BCUT2D eigenvalue weighted by Crippen LogP contribution is -2.40. The van der Waals surface area contributed by atoms with E-state index in [-0.39, 0.29) is 10.8 Å². The second-order valence-electron chi connectivity index (χ2n) is 5.95. The average Bonchev–Trinajstić information content (AvgIpc) is 3.12. The number of nitrogens with zero attached hydrogens (tertiary/aromatic N) is 3. The number of hydrogen-bond acceptors (Lipinski definition) is 5. The number of para-hydroxylation sites is 2. The van der Waals surface area contributed by atoms with Crippen molar-refractivity contribution in [2.45, 2.75) is 4.90 Å². The summed E-state index contributed by atoms with van der Waals surface area (Å²) in [5.74, 6) is -0.256. The molecule has 0 atom stereocenters. The van der Waals surface area contributed by atoms with Crippen LogP contribution in [0.2, 0.25) is 0 Å². The standard InChI is InChI=1S/C18H17N3O4S/c22-18(21-13-19-16-3-1-2-4-17(16)21)14-5-7-15(8-6-14)26(23,24)20-9-11-25-12-10-20/h1-8,13H,9-12H2. The minimum Gasteiger partial charge on any atom is -0.379 e. The van der Waals surface area contributed by atoms with Crippen molar-refractivity contribution in [3.63, 3.8) is 0 Å². The van der Waals surface area contributed by atoms with E-state index in [4.69, 9.17) is 4.74 Å². The number of rotatable bonds is 3. The third kappa shape index (κ3) is 2.92. The molecule has 1 aliphatic heterocycles. The van der Waals surface area contributed by atoms with Crippen molar-refractivity contribution < 1.29 is 17.9 Å². The van der Waals surface area contributed by atoms with E-state index >= 15 is 0 Å². The molecule has 0 spiro atoms. The first-order valence-electron chi connectivity index (χ1n) is 8.22. The van der Waals surface area contributed by atoms with Gasteiger partial charge in [0.2, 0.25) is 10.0 Å². The highest BCUT2D eigenvalue weighted by atomic mass is 32.2. The van der Waals surface area contributed by atoms with Gasteiger partial charge in [-0.15, -0.1) is 0 Å². The van der Waals surface area contributed by atoms with Crippen molar-refractivity contribution in [1.29, 1.82) is 0 Å². The van der Waals surface area contributed by atoms with Gasteiger partial charge in [0.25, 0.3) is 5.91 Å². The molecule has 2 aromatic carbocycles. The zero-order valence-corrected chi connectivity index (χ0v) is 14.7. The van der Waals surface area contributed by atoms with Gasteiger partial charge < -0.3 is 4.74 Å². The smallest absolute Gasteiger partial charge is 0.263 e. The van der Waals surface area contributed by atoms with Crippen LogP contribution in [0, 0.1) is 0 Å². The largest absolute Gasteiger partial charge is 0.379 e. The Hall–Kier alpha value is -2.55. The van der Waals surface area contributed by atoms with Crippen LogP contribution in [0.4, 0.5) is 0 Å². The summed E-state index contributed by atoms with van der Waals surface area (Å²) in [6.45, 7) is 1.46. The molecule has 1 aliphatic rings. The van der Waals surface area contributed by atoms with E-state index in [1.54, 1.807) is 0 Å². The SMILES string of the molecule is O=C(c1ccc(S(=O)(=O)N2CCOCC2)cc1)n1cnc2ccccc21. The number of sulfonamides is 1. The zero-order valence-electron chi connectivity index (χ0n) is 13.9. The van der Waals surface area contributed by atoms with Crippen molar-refractivity contribution >= 4 is 27.0 Å². The molecular weight excluding hydrogens is 354 g/mol. The van der Waals surface area contributed by atoms with Crippen LogP contribution in [-0.4, -0.2) is 54.5 Å². The fourth-order valence-corrected chi connectivity index (χ4v) is 4.37. The van der Waals surface area contributed by atoms with Gasteiger partial charge in [-0.25, -0.2) is 13.4 Å². The van der Waals surface area contributed by atoms with Crippen LogP contribution in [-0.2, 0) is 14.8 Å². The number of fused-ring (bicyclic) bond motifs is 1. The summed E-state index contributed by atoms with van der Waals surface area (Å²) in [6, 6.07) is 13.3. The molecule has 1 aromatic heterocycles. The molecule has 3 aromatic rings. The molecule has 0 radical (unpaired) electrons. The lowest BCUT2D eigenvalue weighted by Gasteiger charge is -2.26. The maximum atomic E-state index is 12.7. The third-order valence-corrected chi connectivity index (χ3v) is 6.29. The Bertz CT molecular complexity index is 1050. The number of aromatic nitrogens is 2. The van der Waals surface area contributed by atoms with E-state index in [0.29, 0.717) is 37.4 Å². The molecule has 0 N–H and O–H groups in total. The number of ether oxygens (including phenoxy) is 1. The normalized spacial score (nSPS) is 16.0. The summed E-state index contributed by atoms with van der Waals surface area (Å²) in [4.78, 5) is 17.1. The Morgan fingerprint density at radius 3 is 2.42 bits per heavy atom. The average molecular weight is 371 g/mol. The summed E-state index contributed by atoms with van der Waals surface area (Å²) in [5.41, 5.74) is 1.84. The van der Waals surface area contributed by atoms with Gasteiger partial charge in [0, 0.05) is 18.7 Å². The molecule has 1 fully saturated rings. The van der Waals surface area contributed by atoms with E-state index in [0.717, 1.165) is 5.52 Å². The highest BCUT2D eigenvalue weighted by Gasteiger charge is 2.26. The maximum Gasteiger partial charge on any atom is 0.263 e. The first kappa shape index (κ1) is 16.9. The summed E-state index contributed by atoms with van der Waals surface area (Å²) in [5, 5.41) is 0. The van der Waals surface area contributed by atoms with Crippen LogP contribution in [0.5, 0.6) is 0 Å². The molecule has 26 heavy (non-hydrogen) atoms. The van der Waals surface area contributed by atoms with Crippen molar-refractivity contribution in [1.82, 2.24) is 13.9 Å². The van der Waals surface area contributed by atoms with Crippen molar-refractivity contribution in [3.8, 4) is 0 Å². The second-order valence-corrected chi connectivity index (χ2v) is 7.89. The van der Waals surface area contributed by atoms with Crippen LogP contribution in [0.1, 0.15) is 10.4 Å². The maximum absolute atomic E-state index is 12.7. The monoisotopic (exact) mass is 371 g/mol. The number of benzene rings is 2. The van der Waals surface area contributed by atoms with E-state index in [2.05, 4.69) is 4.98 Å². The van der Waals surface area contributed by atoms with Gasteiger partial charge in [0.1, 0.15) is 6.33 Å². The number of morpholine rings is 1. The predicted molar refractivity (Wildman–Crippen MR) is 95.5 cm³/mol. The van der Waals surface area contributed by atoms with Crippen LogP contribution >= 0.6 is 0 Å². The highest BCUT2D eigenvalue weighted by Crippen LogP contribution is 2.19. The minimum atomic E-state index is -3.57. The predicted octanol–water partition coefficient (Wildman–Crippen LogP) is 1.75. The van der Waals surface area contributed by atoms with Crippen molar-refractivity contribution in [2.75, 3.05) is 26.3 Å². The van der Waals surface area contributed by atoms with Gasteiger partial charge in [-0.1, -0.05) is 12.1 Å². The molecule has 0 aliphatic carbocycles. The van der Waals surface area contributed by atoms with Crippen LogP contribution in [0.15, 0.2) is 59.8 Å². The van der Waals surface area contributed by atoms with Gasteiger partial charge >= 0.3 is 0 Å². The van der Waals surface area contributed by atoms with Gasteiger partial charge in [-0.3, -0.25) is 9.36 Å². The Morgan fingerprint density at radius 1 is 1.00 bits per heavy atom.